The minimum Gasteiger partial charge on any atom is -0.469 e. The van der Waals surface area contributed by atoms with Crippen LogP contribution in [-0.4, -0.2) is 12.5 Å². The molecule has 1 aromatic heterocycles. The Morgan fingerprint density at radius 2 is 2.42 bits per heavy atom. The summed E-state index contributed by atoms with van der Waals surface area (Å²) in [5.74, 6) is 0.274. The zero-order valence-electron chi connectivity index (χ0n) is 6.69. The standard InChI is InChI=1S/C8H12N2O2/c9-5-6(4-8(10)11)7-2-1-3-12-7/h1-3,6H,4-5,9H2,(H2,10,11). The Labute approximate surface area is 70.5 Å². The summed E-state index contributed by atoms with van der Waals surface area (Å²) in [6, 6.07) is 3.56. The first-order chi connectivity index (χ1) is 5.74. The zero-order chi connectivity index (χ0) is 8.97. The smallest absolute Gasteiger partial charge is 0.218 e. The van der Waals surface area contributed by atoms with Gasteiger partial charge in [0.1, 0.15) is 5.76 Å². The van der Waals surface area contributed by atoms with Crippen molar-refractivity contribution in [2.75, 3.05) is 6.54 Å². The largest absolute Gasteiger partial charge is 0.469 e. The summed E-state index contributed by atoms with van der Waals surface area (Å²) in [5.41, 5.74) is 10.5. The van der Waals surface area contributed by atoms with Crippen molar-refractivity contribution in [1.82, 2.24) is 0 Å². The molecule has 1 unspecified atom stereocenters. The first-order valence-corrected chi connectivity index (χ1v) is 3.75. The van der Waals surface area contributed by atoms with Crippen LogP contribution in [0.3, 0.4) is 0 Å². The van der Waals surface area contributed by atoms with E-state index in [2.05, 4.69) is 0 Å². The van der Waals surface area contributed by atoms with Crippen LogP contribution in [0.25, 0.3) is 0 Å². The maximum atomic E-state index is 10.6. The lowest BCUT2D eigenvalue weighted by molar-refractivity contribution is -0.118. The first-order valence-electron chi connectivity index (χ1n) is 3.75. The normalized spacial score (nSPS) is 12.8. The average molecular weight is 168 g/mol. The molecule has 0 aromatic carbocycles. The average Bonchev–Trinajstić information content (AvgIpc) is 2.51. The molecular formula is C8H12N2O2. The number of nitrogens with two attached hydrogens (primary N) is 2. The van der Waals surface area contributed by atoms with E-state index in [0.29, 0.717) is 6.54 Å². The highest BCUT2D eigenvalue weighted by molar-refractivity contribution is 5.74. The summed E-state index contributed by atoms with van der Waals surface area (Å²) < 4.78 is 5.10. The first kappa shape index (κ1) is 8.80. The lowest BCUT2D eigenvalue weighted by Crippen LogP contribution is -2.20. The Balaban J connectivity index is 2.63. The van der Waals surface area contributed by atoms with Gasteiger partial charge in [-0.05, 0) is 12.1 Å². The van der Waals surface area contributed by atoms with Crippen molar-refractivity contribution >= 4 is 5.91 Å². The third-order valence-electron chi connectivity index (χ3n) is 1.68. The van der Waals surface area contributed by atoms with Crippen molar-refractivity contribution in [2.24, 2.45) is 11.5 Å². The predicted octanol–water partition coefficient (Wildman–Crippen LogP) is 0.197. The summed E-state index contributed by atoms with van der Waals surface area (Å²) in [7, 11) is 0. The van der Waals surface area contributed by atoms with Gasteiger partial charge in [-0.3, -0.25) is 4.79 Å². The van der Waals surface area contributed by atoms with Gasteiger partial charge >= 0.3 is 0 Å². The molecule has 0 spiro atoms. The van der Waals surface area contributed by atoms with Crippen molar-refractivity contribution in [3.63, 3.8) is 0 Å². The van der Waals surface area contributed by atoms with Gasteiger partial charge in [0.05, 0.1) is 6.26 Å². The molecule has 1 atom stereocenters. The molecule has 0 bridgehead atoms. The van der Waals surface area contributed by atoms with Crippen LogP contribution in [-0.2, 0) is 4.79 Å². The van der Waals surface area contributed by atoms with Gasteiger partial charge in [-0.1, -0.05) is 0 Å². The van der Waals surface area contributed by atoms with Gasteiger partial charge in [-0.2, -0.15) is 0 Å². The molecule has 1 aromatic rings. The monoisotopic (exact) mass is 168 g/mol. The van der Waals surface area contributed by atoms with Crippen LogP contribution >= 0.6 is 0 Å². The fourth-order valence-corrected chi connectivity index (χ4v) is 1.07. The van der Waals surface area contributed by atoms with E-state index in [9.17, 15) is 4.79 Å². The van der Waals surface area contributed by atoms with Gasteiger partial charge in [0.2, 0.25) is 5.91 Å². The second-order valence-electron chi connectivity index (χ2n) is 2.62. The summed E-state index contributed by atoms with van der Waals surface area (Å²) in [6.07, 6.45) is 1.79. The number of carbonyl (C=O) groups is 1. The van der Waals surface area contributed by atoms with Gasteiger partial charge in [0.15, 0.2) is 0 Å². The van der Waals surface area contributed by atoms with Gasteiger partial charge < -0.3 is 15.9 Å². The number of amides is 1. The minimum atomic E-state index is -0.359. The van der Waals surface area contributed by atoms with Crippen molar-refractivity contribution in [3.8, 4) is 0 Å². The molecule has 4 nitrogen and oxygen atoms in total. The van der Waals surface area contributed by atoms with Crippen molar-refractivity contribution in [3.05, 3.63) is 24.2 Å². The molecule has 12 heavy (non-hydrogen) atoms. The molecule has 1 heterocycles. The van der Waals surface area contributed by atoms with E-state index in [4.69, 9.17) is 15.9 Å². The predicted molar refractivity (Wildman–Crippen MR) is 44.3 cm³/mol. The quantitative estimate of drug-likeness (QED) is 0.673. The fraction of sp³-hybridized carbons (Fsp3) is 0.375. The number of hydrogen-bond donors (Lipinski definition) is 2. The zero-order valence-corrected chi connectivity index (χ0v) is 6.69. The van der Waals surface area contributed by atoms with E-state index in [1.165, 1.54) is 0 Å². The van der Waals surface area contributed by atoms with E-state index in [1.807, 2.05) is 0 Å². The Hall–Kier alpha value is -1.29. The maximum Gasteiger partial charge on any atom is 0.218 e. The van der Waals surface area contributed by atoms with E-state index in [1.54, 1.807) is 18.4 Å². The van der Waals surface area contributed by atoms with Gasteiger partial charge in [0.25, 0.3) is 0 Å². The maximum absolute atomic E-state index is 10.6. The number of primary amides is 1. The highest BCUT2D eigenvalue weighted by Crippen LogP contribution is 2.17. The molecule has 4 N–H and O–H groups in total. The molecule has 1 amide bonds. The van der Waals surface area contributed by atoms with Gasteiger partial charge in [0, 0.05) is 18.9 Å². The second kappa shape index (κ2) is 3.92. The van der Waals surface area contributed by atoms with Crippen molar-refractivity contribution in [2.45, 2.75) is 12.3 Å². The molecule has 0 fully saturated rings. The van der Waals surface area contributed by atoms with Gasteiger partial charge in [-0.25, -0.2) is 0 Å². The Kier molecular flexibility index (Phi) is 2.88. The number of hydrogen-bond acceptors (Lipinski definition) is 3. The SMILES string of the molecule is NCC(CC(N)=O)c1ccco1. The topological polar surface area (TPSA) is 82.2 Å². The number of rotatable bonds is 4. The Morgan fingerprint density at radius 3 is 2.83 bits per heavy atom. The molecule has 0 aliphatic heterocycles. The molecule has 0 saturated carbocycles. The molecule has 4 heteroatoms. The van der Waals surface area contributed by atoms with Crippen LogP contribution in [0.15, 0.2) is 22.8 Å². The molecule has 0 aliphatic rings. The van der Waals surface area contributed by atoms with Crippen molar-refractivity contribution in [1.29, 1.82) is 0 Å². The number of furan rings is 1. The van der Waals surface area contributed by atoms with Crippen LogP contribution < -0.4 is 11.5 Å². The summed E-state index contributed by atoms with van der Waals surface area (Å²) in [5, 5.41) is 0. The van der Waals surface area contributed by atoms with E-state index < -0.39 is 0 Å². The van der Waals surface area contributed by atoms with Crippen LogP contribution in [0.5, 0.6) is 0 Å². The molecule has 0 aliphatic carbocycles. The minimum absolute atomic E-state index is 0.0856. The second-order valence-corrected chi connectivity index (χ2v) is 2.62. The fourth-order valence-electron chi connectivity index (χ4n) is 1.07. The van der Waals surface area contributed by atoms with Crippen LogP contribution in [0.4, 0.5) is 0 Å². The lowest BCUT2D eigenvalue weighted by Gasteiger charge is -2.08. The third kappa shape index (κ3) is 2.10. The van der Waals surface area contributed by atoms with E-state index in [-0.39, 0.29) is 18.2 Å². The Bertz CT molecular complexity index is 244. The molecule has 66 valence electrons. The highest BCUT2D eigenvalue weighted by Gasteiger charge is 2.14. The van der Waals surface area contributed by atoms with Crippen molar-refractivity contribution < 1.29 is 9.21 Å². The summed E-state index contributed by atoms with van der Waals surface area (Å²) in [6.45, 7) is 0.371. The summed E-state index contributed by atoms with van der Waals surface area (Å²) >= 11 is 0. The molecule has 0 saturated heterocycles. The number of carbonyl (C=O) groups excluding carboxylic acids is 1. The summed E-state index contributed by atoms with van der Waals surface area (Å²) in [4.78, 5) is 10.6. The Morgan fingerprint density at radius 1 is 1.67 bits per heavy atom. The van der Waals surface area contributed by atoms with Crippen LogP contribution in [0.2, 0.25) is 0 Å². The molecule has 0 radical (unpaired) electrons. The van der Waals surface area contributed by atoms with E-state index in [0.717, 1.165) is 5.76 Å². The van der Waals surface area contributed by atoms with Gasteiger partial charge in [-0.15, -0.1) is 0 Å². The third-order valence-corrected chi connectivity index (χ3v) is 1.68. The van der Waals surface area contributed by atoms with Crippen LogP contribution in [0.1, 0.15) is 18.1 Å². The molecule has 1 rings (SSSR count). The van der Waals surface area contributed by atoms with Crippen LogP contribution in [0, 0.1) is 0 Å². The lowest BCUT2D eigenvalue weighted by atomic mass is 10.0. The highest BCUT2D eigenvalue weighted by atomic mass is 16.3. The van der Waals surface area contributed by atoms with E-state index >= 15 is 0 Å². The molecular weight excluding hydrogens is 156 g/mol.